The quantitative estimate of drug-likeness (QED) is 0.897. The molecule has 0 aliphatic carbocycles. The van der Waals surface area contributed by atoms with E-state index < -0.39 is 0 Å². The van der Waals surface area contributed by atoms with Gasteiger partial charge in [0.1, 0.15) is 6.23 Å². The second kappa shape index (κ2) is 5.30. The van der Waals surface area contributed by atoms with Crippen LogP contribution in [0.1, 0.15) is 32.1 Å². The maximum Gasteiger partial charge on any atom is 0.134 e. The molecular weight excluding hydrogens is 266 g/mol. The minimum Gasteiger partial charge on any atom is -0.359 e. The average molecular weight is 284 g/mol. The Balaban J connectivity index is 2.09. The molecule has 1 saturated heterocycles. The van der Waals surface area contributed by atoms with E-state index in [1.54, 1.807) is 0 Å². The van der Waals surface area contributed by atoms with Crippen molar-refractivity contribution in [2.75, 3.05) is 6.61 Å². The van der Waals surface area contributed by atoms with Crippen LogP contribution in [-0.2, 0) is 4.74 Å². The molecule has 1 N–H and O–H groups in total. The minimum absolute atomic E-state index is 0.0404. The molecule has 0 unspecified atom stereocenters. The van der Waals surface area contributed by atoms with Gasteiger partial charge in [0.25, 0.3) is 0 Å². The fourth-order valence-electron chi connectivity index (χ4n) is 2.03. The standard InChI is InChI=1S/C13H18BrNO/c1-9(2)12-6-7-16-13(15-12)10-4-3-5-11(14)8-10/h3-5,8-9,12-13,15H,6-7H2,1-2H3/t12-,13+/m1/s1. The van der Waals surface area contributed by atoms with Crippen LogP contribution in [0.2, 0.25) is 0 Å². The molecule has 0 saturated carbocycles. The topological polar surface area (TPSA) is 21.3 Å². The predicted molar refractivity (Wildman–Crippen MR) is 69.2 cm³/mol. The number of halogens is 1. The molecule has 0 bridgehead atoms. The Labute approximate surface area is 106 Å². The zero-order valence-corrected chi connectivity index (χ0v) is 11.3. The molecule has 1 heterocycles. The molecule has 1 aliphatic rings. The van der Waals surface area contributed by atoms with Gasteiger partial charge in [0.2, 0.25) is 0 Å². The largest absolute Gasteiger partial charge is 0.359 e. The van der Waals surface area contributed by atoms with Crippen LogP contribution in [0.15, 0.2) is 28.7 Å². The predicted octanol–water partition coefficient (Wildman–Crippen LogP) is 3.48. The lowest BCUT2D eigenvalue weighted by Gasteiger charge is -2.33. The maximum absolute atomic E-state index is 5.77. The molecule has 3 heteroatoms. The molecular formula is C13H18BrNO. The fourth-order valence-corrected chi connectivity index (χ4v) is 2.44. The monoisotopic (exact) mass is 283 g/mol. The van der Waals surface area contributed by atoms with Gasteiger partial charge in [-0.1, -0.05) is 41.9 Å². The van der Waals surface area contributed by atoms with Crippen molar-refractivity contribution >= 4 is 15.9 Å². The van der Waals surface area contributed by atoms with Gasteiger partial charge in [-0.15, -0.1) is 0 Å². The molecule has 1 fully saturated rings. The summed E-state index contributed by atoms with van der Waals surface area (Å²) in [6, 6.07) is 8.85. The van der Waals surface area contributed by atoms with Gasteiger partial charge in [-0.25, -0.2) is 0 Å². The first-order chi connectivity index (χ1) is 7.66. The van der Waals surface area contributed by atoms with Crippen molar-refractivity contribution in [3.8, 4) is 0 Å². The van der Waals surface area contributed by atoms with Crippen LogP contribution in [-0.4, -0.2) is 12.6 Å². The summed E-state index contributed by atoms with van der Waals surface area (Å²) < 4.78 is 6.87. The van der Waals surface area contributed by atoms with Crippen molar-refractivity contribution < 1.29 is 4.74 Å². The third kappa shape index (κ3) is 2.84. The normalized spacial score (nSPS) is 26.0. The van der Waals surface area contributed by atoms with Gasteiger partial charge in [-0.05, 0) is 30.0 Å². The van der Waals surface area contributed by atoms with Crippen LogP contribution in [0.25, 0.3) is 0 Å². The van der Waals surface area contributed by atoms with E-state index in [0.717, 1.165) is 17.5 Å². The fraction of sp³-hybridized carbons (Fsp3) is 0.538. The Morgan fingerprint density at radius 1 is 1.44 bits per heavy atom. The van der Waals surface area contributed by atoms with E-state index in [4.69, 9.17) is 4.74 Å². The van der Waals surface area contributed by atoms with E-state index >= 15 is 0 Å². The molecule has 1 aromatic carbocycles. The van der Waals surface area contributed by atoms with Crippen molar-refractivity contribution in [3.63, 3.8) is 0 Å². The van der Waals surface area contributed by atoms with Crippen molar-refractivity contribution in [2.45, 2.75) is 32.5 Å². The van der Waals surface area contributed by atoms with E-state index in [1.165, 1.54) is 5.56 Å². The Morgan fingerprint density at radius 2 is 2.25 bits per heavy atom. The first kappa shape index (κ1) is 12.1. The number of ether oxygens (including phenoxy) is 1. The van der Waals surface area contributed by atoms with E-state index in [2.05, 4.69) is 47.2 Å². The lowest BCUT2D eigenvalue weighted by molar-refractivity contribution is -0.0279. The molecule has 0 radical (unpaired) electrons. The second-order valence-corrected chi connectivity index (χ2v) is 5.53. The summed E-state index contributed by atoms with van der Waals surface area (Å²) in [7, 11) is 0. The van der Waals surface area contributed by atoms with Gasteiger partial charge in [0.15, 0.2) is 0 Å². The highest BCUT2D eigenvalue weighted by Crippen LogP contribution is 2.24. The first-order valence-electron chi connectivity index (χ1n) is 5.80. The Morgan fingerprint density at radius 3 is 2.94 bits per heavy atom. The van der Waals surface area contributed by atoms with E-state index in [9.17, 15) is 0 Å². The van der Waals surface area contributed by atoms with Crippen molar-refractivity contribution in [3.05, 3.63) is 34.3 Å². The van der Waals surface area contributed by atoms with Crippen LogP contribution in [0, 0.1) is 5.92 Å². The van der Waals surface area contributed by atoms with Gasteiger partial charge in [0, 0.05) is 10.5 Å². The third-order valence-electron chi connectivity index (χ3n) is 3.03. The molecule has 2 atom stereocenters. The summed E-state index contributed by atoms with van der Waals surface area (Å²) in [6.07, 6.45) is 1.14. The van der Waals surface area contributed by atoms with E-state index in [0.29, 0.717) is 12.0 Å². The highest BCUT2D eigenvalue weighted by Gasteiger charge is 2.24. The lowest BCUT2D eigenvalue weighted by Crippen LogP contribution is -2.43. The molecule has 0 spiro atoms. The lowest BCUT2D eigenvalue weighted by atomic mass is 9.99. The molecule has 0 amide bonds. The van der Waals surface area contributed by atoms with Crippen molar-refractivity contribution in [1.82, 2.24) is 5.32 Å². The molecule has 16 heavy (non-hydrogen) atoms. The number of benzene rings is 1. The van der Waals surface area contributed by atoms with Crippen LogP contribution < -0.4 is 5.32 Å². The van der Waals surface area contributed by atoms with Gasteiger partial charge < -0.3 is 4.74 Å². The zero-order chi connectivity index (χ0) is 11.5. The van der Waals surface area contributed by atoms with Gasteiger partial charge in [-0.3, -0.25) is 5.32 Å². The summed E-state index contributed by atoms with van der Waals surface area (Å²) >= 11 is 3.49. The highest BCUT2D eigenvalue weighted by atomic mass is 79.9. The average Bonchev–Trinajstić information content (AvgIpc) is 2.29. The second-order valence-electron chi connectivity index (χ2n) is 4.61. The van der Waals surface area contributed by atoms with Gasteiger partial charge >= 0.3 is 0 Å². The Bertz CT molecular complexity index is 354. The summed E-state index contributed by atoms with van der Waals surface area (Å²) in [6.45, 7) is 5.34. The maximum atomic E-state index is 5.77. The molecule has 1 aromatic rings. The number of hydrogen-bond donors (Lipinski definition) is 1. The summed E-state index contributed by atoms with van der Waals surface area (Å²) in [5.74, 6) is 0.651. The molecule has 1 aliphatic heterocycles. The van der Waals surface area contributed by atoms with E-state index in [-0.39, 0.29) is 6.23 Å². The van der Waals surface area contributed by atoms with Crippen molar-refractivity contribution in [2.24, 2.45) is 5.92 Å². The smallest absolute Gasteiger partial charge is 0.134 e. The number of hydrogen-bond acceptors (Lipinski definition) is 2. The summed E-state index contributed by atoms with van der Waals surface area (Å²) in [5.41, 5.74) is 1.19. The van der Waals surface area contributed by atoms with Crippen LogP contribution in [0.3, 0.4) is 0 Å². The third-order valence-corrected chi connectivity index (χ3v) is 3.53. The Kier molecular flexibility index (Phi) is 4.00. The van der Waals surface area contributed by atoms with Crippen LogP contribution in [0.4, 0.5) is 0 Å². The summed E-state index contributed by atoms with van der Waals surface area (Å²) in [5, 5.41) is 3.55. The SMILES string of the molecule is CC(C)[C@H]1CCO[C@@H](c2cccc(Br)c2)N1. The van der Waals surface area contributed by atoms with E-state index in [1.807, 2.05) is 12.1 Å². The molecule has 0 aromatic heterocycles. The summed E-state index contributed by atoms with van der Waals surface area (Å²) in [4.78, 5) is 0. The minimum atomic E-state index is 0.0404. The Hall–Kier alpha value is -0.380. The molecule has 2 rings (SSSR count). The number of nitrogens with one attached hydrogen (secondary N) is 1. The molecule has 2 nitrogen and oxygen atoms in total. The van der Waals surface area contributed by atoms with Gasteiger partial charge in [0.05, 0.1) is 6.61 Å². The van der Waals surface area contributed by atoms with Crippen molar-refractivity contribution in [1.29, 1.82) is 0 Å². The molecule has 88 valence electrons. The zero-order valence-electron chi connectivity index (χ0n) is 9.74. The highest BCUT2D eigenvalue weighted by molar-refractivity contribution is 9.10. The van der Waals surface area contributed by atoms with Crippen LogP contribution >= 0.6 is 15.9 Å². The van der Waals surface area contributed by atoms with Gasteiger partial charge in [-0.2, -0.15) is 0 Å². The van der Waals surface area contributed by atoms with Crippen LogP contribution in [0.5, 0.6) is 0 Å². The first-order valence-corrected chi connectivity index (χ1v) is 6.59. The number of rotatable bonds is 2.